The molecule has 2 aliphatic heterocycles. The van der Waals surface area contributed by atoms with Crippen LogP contribution in [0.5, 0.6) is 0 Å². The van der Waals surface area contributed by atoms with Crippen molar-refractivity contribution in [1.82, 2.24) is 14.5 Å². The summed E-state index contributed by atoms with van der Waals surface area (Å²) in [7, 11) is 2.55. The van der Waals surface area contributed by atoms with E-state index in [1.54, 1.807) is 29.6 Å². The highest BCUT2D eigenvalue weighted by Gasteiger charge is 2.34. The summed E-state index contributed by atoms with van der Waals surface area (Å²) in [6.07, 6.45) is 4.43. The first kappa shape index (κ1) is 27.9. The van der Waals surface area contributed by atoms with Crippen LogP contribution < -0.4 is 5.56 Å². The molecule has 0 spiro atoms. The summed E-state index contributed by atoms with van der Waals surface area (Å²) in [6, 6.07) is 9.71. The molecule has 2 aliphatic rings. The molecule has 0 saturated heterocycles. The molecule has 2 aromatic heterocycles. The molecule has 3 aromatic rings. The number of cyclic esters (lactones) is 1. The van der Waals surface area contributed by atoms with Crippen LogP contribution in [0.4, 0.5) is 0 Å². The Morgan fingerprint density at radius 1 is 1.16 bits per heavy atom. The number of ether oxygens (including phenoxy) is 1. The molecule has 0 fully saturated rings. The average molecular weight is 540 g/mol. The normalized spacial score (nSPS) is 16.1. The van der Waals surface area contributed by atoms with Crippen molar-refractivity contribution in [1.29, 1.82) is 0 Å². The van der Waals surface area contributed by atoms with Crippen LogP contribution in [0.15, 0.2) is 35.1 Å². The number of nitrogens with zero attached hydrogens (tertiary/aromatic N) is 3. The van der Waals surface area contributed by atoms with Gasteiger partial charge >= 0.3 is 5.97 Å². The average Bonchev–Trinajstić information content (AvgIpc) is 3.27. The molecule has 1 aromatic carbocycles. The molecule has 8 nitrogen and oxygen atoms in total. The Balaban J connectivity index is 0.00000164. The van der Waals surface area contributed by atoms with E-state index in [9.17, 15) is 19.5 Å². The first-order valence-electron chi connectivity index (χ1n) is 13.0. The first-order chi connectivity index (χ1) is 18.1. The van der Waals surface area contributed by atoms with E-state index in [1.807, 2.05) is 32.0 Å². The van der Waals surface area contributed by atoms with E-state index >= 15 is 0 Å². The molecule has 5 rings (SSSR count). The van der Waals surface area contributed by atoms with Gasteiger partial charge in [0.1, 0.15) is 6.61 Å². The fourth-order valence-electron chi connectivity index (χ4n) is 5.01. The van der Waals surface area contributed by atoms with Crippen LogP contribution in [0.2, 0.25) is 0 Å². The van der Waals surface area contributed by atoms with Crippen molar-refractivity contribution in [2.75, 3.05) is 38.1 Å². The van der Waals surface area contributed by atoms with Crippen molar-refractivity contribution in [3.8, 4) is 11.4 Å². The second-order valence-electron chi connectivity index (χ2n) is 10.3. The number of aromatic nitrogens is 2. The highest BCUT2D eigenvalue weighted by Crippen LogP contribution is 2.43. The molecule has 0 saturated carbocycles. The Kier molecular flexibility index (Phi) is 7.99. The standard InChI is InChI=1S/C27H31N3O5S.C2H6/c1-29(2)23(31)10-12-36(3,4)11-9-16-17-7-5-6-8-21(17)28-24-19(16)14-30-22(24)13-18-20(26(30)33)15-35-27(34)25(18)32;1-2/h5-8,13,25,32H,9-12,14-15H2,1-4H3;1-2H3. The number of amides is 1. The number of aliphatic hydroxyl groups excluding tert-OH is 1. The minimum atomic E-state index is -1.47. The predicted molar refractivity (Wildman–Crippen MR) is 153 cm³/mol. The van der Waals surface area contributed by atoms with Gasteiger partial charge in [0.2, 0.25) is 5.91 Å². The lowest BCUT2D eigenvalue weighted by molar-refractivity contribution is -0.157. The molecule has 0 aliphatic carbocycles. The number of hydrogen-bond acceptors (Lipinski definition) is 6. The van der Waals surface area contributed by atoms with Crippen LogP contribution in [0.1, 0.15) is 48.6 Å². The summed E-state index contributed by atoms with van der Waals surface area (Å²) in [5, 5.41) is 11.5. The number of para-hydroxylation sites is 1. The van der Waals surface area contributed by atoms with Gasteiger partial charge in [0.25, 0.3) is 5.56 Å². The topological polar surface area (TPSA) is 102 Å². The summed E-state index contributed by atoms with van der Waals surface area (Å²) in [5.41, 5.74) is 4.75. The van der Waals surface area contributed by atoms with Crippen molar-refractivity contribution < 1.29 is 19.4 Å². The Hall–Kier alpha value is -3.17. The first-order valence-corrected chi connectivity index (χ1v) is 15.8. The van der Waals surface area contributed by atoms with Gasteiger partial charge in [-0.25, -0.2) is 19.8 Å². The van der Waals surface area contributed by atoms with Gasteiger partial charge in [-0.3, -0.25) is 9.59 Å². The van der Waals surface area contributed by atoms with Crippen LogP contribution in [0.3, 0.4) is 0 Å². The van der Waals surface area contributed by atoms with Gasteiger partial charge < -0.3 is 19.3 Å². The van der Waals surface area contributed by atoms with E-state index in [0.29, 0.717) is 29.8 Å². The minimum Gasteiger partial charge on any atom is -0.458 e. The molecule has 0 radical (unpaired) electrons. The number of hydrogen-bond donors (Lipinski definition) is 1. The highest BCUT2D eigenvalue weighted by atomic mass is 32.3. The van der Waals surface area contributed by atoms with Crippen molar-refractivity contribution >= 4 is 32.8 Å². The number of pyridine rings is 2. The number of rotatable bonds is 6. The quantitative estimate of drug-likeness (QED) is 0.376. The lowest BCUT2D eigenvalue weighted by Crippen LogP contribution is -2.32. The fourth-order valence-corrected chi connectivity index (χ4v) is 6.70. The number of benzene rings is 1. The van der Waals surface area contributed by atoms with Crippen molar-refractivity contribution in [2.24, 2.45) is 0 Å². The lowest BCUT2D eigenvalue weighted by atomic mass is 9.97. The zero-order valence-electron chi connectivity index (χ0n) is 23.0. The Morgan fingerprint density at radius 2 is 1.87 bits per heavy atom. The van der Waals surface area contributed by atoms with E-state index in [-0.39, 0.29) is 18.1 Å². The Morgan fingerprint density at radius 3 is 2.58 bits per heavy atom. The van der Waals surface area contributed by atoms with Crippen LogP contribution >= 0.6 is 10.0 Å². The number of aliphatic hydroxyl groups is 1. The van der Waals surface area contributed by atoms with E-state index in [2.05, 4.69) is 18.6 Å². The summed E-state index contributed by atoms with van der Waals surface area (Å²) in [4.78, 5) is 44.0. The zero-order valence-corrected chi connectivity index (χ0v) is 23.9. The minimum absolute atomic E-state index is 0.133. The van der Waals surface area contributed by atoms with E-state index < -0.39 is 22.1 Å². The second kappa shape index (κ2) is 10.9. The van der Waals surface area contributed by atoms with Gasteiger partial charge in [-0.15, -0.1) is 0 Å². The molecule has 0 bridgehead atoms. The van der Waals surface area contributed by atoms with Crippen LogP contribution in [-0.2, 0) is 33.9 Å². The number of fused-ring (bicyclic) bond motifs is 5. The summed E-state index contributed by atoms with van der Waals surface area (Å²) < 4.78 is 6.69. The van der Waals surface area contributed by atoms with Crippen molar-refractivity contribution in [3.63, 3.8) is 0 Å². The molecule has 1 amide bonds. The summed E-state index contributed by atoms with van der Waals surface area (Å²) in [5.74, 6) is 1.23. The fraction of sp³-hybridized carbons (Fsp3) is 0.448. The number of aryl methyl sites for hydroxylation is 1. The van der Waals surface area contributed by atoms with Gasteiger partial charge in [-0.1, -0.05) is 32.0 Å². The van der Waals surface area contributed by atoms with Gasteiger partial charge in [0.05, 0.1) is 29.0 Å². The van der Waals surface area contributed by atoms with Gasteiger partial charge in [0.15, 0.2) is 6.10 Å². The van der Waals surface area contributed by atoms with Crippen molar-refractivity contribution in [2.45, 2.75) is 45.9 Å². The van der Waals surface area contributed by atoms with Gasteiger partial charge in [-0.2, -0.15) is 0 Å². The summed E-state index contributed by atoms with van der Waals surface area (Å²) >= 11 is 0. The molecule has 204 valence electrons. The highest BCUT2D eigenvalue weighted by molar-refractivity contribution is 8.32. The maximum absolute atomic E-state index is 13.4. The SMILES string of the molecule is CC.CN(C)C(=O)CCS(C)(C)CCc1c2c(nc3ccccc13)-c1cc3c(c(=O)n1C2)COC(=O)C3O. The molecule has 38 heavy (non-hydrogen) atoms. The number of carbonyl (C=O) groups excluding carboxylic acids is 2. The largest absolute Gasteiger partial charge is 0.458 e. The number of carbonyl (C=O) groups is 2. The third-order valence-corrected chi connectivity index (χ3v) is 9.87. The molecular weight excluding hydrogens is 502 g/mol. The van der Waals surface area contributed by atoms with E-state index in [0.717, 1.165) is 40.1 Å². The number of esters is 1. The van der Waals surface area contributed by atoms with Crippen LogP contribution in [0.25, 0.3) is 22.3 Å². The molecule has 1 atom stereocenters. The second-order valence-corrected chi connectivity index (χ2v) is 14.6. The third kappa shape index (κ3) is 5.09. The van der Waals surface area contributed by atoms with Crippen LogP contribution in [-0.4, -0.2) is 69.5 Å². The van der Waals surface area contributed by atoms with Crippen LogP contribution in [0, 0.1) is 0 Å². The summed E-state index contributed by atoms with van der Waals surface area (Å²) in [6.45, 7) is 4.26. The molecule has 1 unspecified atom stereocenters. The smallest absolute Gasteiger partial charge is 0.340 e. The predicted octanol–water partition coefficient (Wildman–Crippen LogP) is 3.63. The Labute approximate surface area is 224 Å². The lowest BCUT2D eigenvalue weighted by Gasteiger charge is -2.32. The molecular formula is C29H37N3O5S. The van der Waals surface area contributed by atoms with E-state index in [4.69, 9.17) is 9.72 Å². The molecule has 1 N–H and O–H groups in total. The van der Waals surface area contributed by atoms with E-state index in [1.165, 1.54) is 5.56 Å². The molecule has 9 heteroatoms. The molecule has 4 heterocycles. The van der Waals surface area contributed by atoms with Crippen molar-refractivity contribution in [3.05, 3.63) is 62.9 Å². The monoisotopic (exact) mass is 539 g/mol. The Bertz CT molecular complexity index is 1460. The maximum Gasteiger partial charge on any atom is 0.340 e. The van der Waals surface area contributed by atoms with Gasteiger partial charge in [0, 0.05) is 37.0 Å². The third-order valence-electron chi connectivity index (χ3n) is 7.25. The maximum atomic E-state index is 13.4. The van der Waals surface area contributed by atoms with Gasteiger partial charge in [-0.05, 0) is 48.1 Å². The zero-order chi connectivity index (χ0) is 27.8.